The zero-order valence-corrected chi connectivity index (χ0v) is 8.40. The first-order valence-electron chi connectivity index (χ1n) is 4.96. The van der Waals surface area contributed by atoms with E-state index in [4.69, 9.17) is 5.73 Å². The molecule has 1 aromatic rings. The van der Waals surface area contributed by atoms with Crippen molar-refractivity contribution >= 4 is 5.69 Å². The molecular formula is C11H16N2O. The molecule has 3 N–H and O–H groups in total. The van der Waals surface area contributed by atoms with Crippen molar-refractivity contribution in [3.63, 3.8) is 0 Å². The van der Waals surface area contributed by atoms with Crippen molar-refractivity contribution in [2.45, 2.75) is 26.1 Å². The number of anilines is 1. The Kier molecular flexibility index (Phi) is 2.44. The van der Waals surface area contributed by atoms with Crippen LogP contribution in [-0.2, 0) is 13.0 Å². The summed E-state index contributed by atoms with van der Waals surface area (Å²) in [6, 6.07) is 6.03. The molecule has 1 aliphatic rings. The second-order valence-corrected chi connectivity index (χ2v) is 3.88. The number of nitrogens with zero attached hydrogens (tertiary/aromatic N) is 1. The van der Waals surface area contributed by atoms with Crippen molar-refractivity contribution in [1.29, 1.82) is 0 Å². The lowest BCUT2D eigenvalue weighted by Gasteiger charge is -2.30. The SMILES string of the molecule is CC(O)N1CCc2ccc(N)cc2C1. The van der Waals surface area contributed by atoms with Crippen LogP contribution in [0.1, 0.15) is 18.1 Å². The highest BCUT2D eigenvalue weighted by molar-refractivity contribution is 5.45. The molecule has 1 aromatic carbocycles. The van der Waals surface area contributed by atoms with Gasteiger partial charge < -0.3 is 10.8 Å². The normalized spacial score (nSPS) is 19.0. The number of aliphatic hydroxyl groups excluding tert-OH is 1. The Morgan fingerprint density at radius 1 is 1.43 bits per heavy atom. The zero-order valence-electron chi connectivity index (χ0n) is 8.40. The number of nitrogen functional groups attached to an aromatic ring is 1. The topological polar surface area (TPSA) is 49.5 Å². The molecule has 0 aliphatic carbocycles. The average molecular weight is 192 g/mol. The quantitative estimate of drug-likeness (QED) is 0.652. The van der Waals surface area contributed by atoms with Crippen molar-refractivity contribution < 1.29 is 5.11 Å². The minimum Gasteiger partial charge on any atom is -0.399 e. The van der Waals surface area contributed by atoms with Gasteiger partial charge in [-0.15, -0.1) is 0 Å². The predicted molar refractivity (Wildman–Crippen MR) is 56.6 cm³/mol. The number of benzene rings is 1. The maximum absolute atomic E-state index is 9.47. The molecule has 2 rings (SSSR count). The summed E-state index contributed by atoms with van der Waals surface area (Å²) in [5.74, 6) is 0. The maximum Gasteiger partial charge on any atom is 0.104 e. The molecule has 14 heavy (non-hydrogen) atoms. The van der Waals surface area contributed by atoms with Gasteiger partial charge in [-0.05, 0) is 36.6 Å². The molecule has 0 saturated heterocycles. The van der Waals surface area contributed by atoms with E-state index in [0.29, 0.717) is 0 Å². The molecular weight excluding hydrogens is 176 g/mol. The number of rotatable bonds is 1. The van der Waals surface area contributed by atoms with Gasteiger partial charge in [0.15, 0.2) is 0 Å². The lowest BCUT2D eigenvalue weighted by atomic mass is 9.99. The summed E-state index contributed by atoms with van der Waals surface area (Å²) < 4.78 is 0. The van der Waals surface area contributed by atoms with Crippen LogP contribution in [0, 0.1) is 0 Å². The van der Waals surface area contributed by atoms with Gasteiger partial charge >= 0.3 is 0 Å². The molecule has 0 fully saturated rings. The first-order chi connectivity index (χ1) is 6.66. The third kappa shape index (κ3) is 1.74. The van der Waals surface area contributed by atoms with Crippen molar-refractivity contribution in [3.05, 3.63) is 29.3 Å². The lowest BCUT2D eigenvalue weighted by Crippen LogP contribution is -2.37. The molecule has 1 unspecified atom stereocenters. The van der Waals surface area contributed by atoms with Gasteiger partial charge in [0.25, 0.3) is 0 Å². The first kappa shape index (κ1) is 9.49. The van der Waals surface area contributed by atoms with Crippen molar-refractivity contribution in [3.8, 4) is 0 Å². The summed E-state index contributed by atoms with van der Waals surface area (Å²) in [7, 11) is 0. The van der Waals surface area contributed by atoms with Crippen LogP contribution in [0.25, 0.3) is 0 Å². The van der Waals surface area contributed by atoms with Crippen LogP contribution in [0.4, 0.5) is 5.69 Å². The van der Waals surface area contributed by atoms with E-state index < -0.39 is 0 Å². The molecule has 76 valence electrons. The zero-order chi connectivity index (χ0) is 10.1. The van der Waals surface area contributed by atoms with E-state index in [1.54, 1.807) is 6.92 Å². The molecule has 0 spiro atoms. The fourth-order valence-corrected chi connectivity index (χ4v) is 1.92. The summed E-state index contributed by atoms with van der Waals surface area (Å²) in [5.41, 5.74) is 9.13. The predicted octanol–water partition coefficient (Wildman–Crippen LogP) is 0.965. The number of fused-ring (bicyclic) bond motifs is 1. The molecule has 1 aliphatic heterocycles. The summed E-state index contributed by atoms with van der Waals surface area (Å²) >= 11 is 0. The molecule has 0 amide bonds. The van der Waals surface area contributed by atoms with Crippen molar-refractivity contribution in [2.75, 3.05) is 12.3 Å². The van der Waals surface area contributed by atoms with Gasteiger partial charge in [0.1, 0.15) is 6.23 Å². The molecule has 0 aromatic heterocycles. The number of aliphatic hydroxyl groups is 1. The van der Waals surface area contributed by atoms with Gasteiger partial charge in [0, 0.05) is 18.8 Å². The van der Waals surface area contributed by atoms with Crippen LogP contribution in [0.3, 0.4) is 0 Å². The van der Waals surface area contributed by atoms with Gasteiger partial charge in [0.2, 0.25) is 0 Å². The Morgan fingerprint density at radius 3 is 2.93 bits per heavy atom. The first-order valence-corrected chi connectivity index (χ1v) is 4.96. The second kappa shape index (κ2) is 3.59. The van der Waals surface area contributed by atoms with Gasteiger partial charge in [-0.2, -0.15) is 0 Å². The highest BCUT2D eigenvalue weighted by Crippen LogP contribution is 2.21. The molecule has 3 heteroatoms. The van der Waals surface area contributed by atoms with Gasteiger partial charge in [0.05, 0.1) is 0 Å². The minimum absolute atomic E-state index is 0.371. The minimum atomic E-state index is -0.371. The maximum atomic E-state index is 9.47. The monoisotopic (exact) mass is 192 g/mol. The fraction of sp³-hybridized carbons (Fsp3) is 0.455. The smallest absolute Gasteiger partial charge is 0.104 e. The number of nitrogens with two attached hydrogens (primary N) is 1. The fourth-order valence-electron chi connectivity index (χ4n) is 1.92. The van der Waals surface area contributed by atoms with Crippen LogP contribution in [0.5, 0.6) is 0 Å². The number of hydrogen-bond acceptors (Lipinski definition) is 3. The van der Waals surface area contributed by atoms with Crippen LogP contribution >= 0.6 is 0 Å². The van der Waals surface area contributed by atoms with Crippen LogP contribution < -0.4 is 5.73 Å². The van der Waals surface area contributed by atoms with Crippen LogP contribution in [0.2, 0.25) is 0 Å². The molecule has 1 atom stereocenters. The van der Waals surface area contributed by atoms with Crippen LogP contribution in [-0.4, -0.2) is 22.8 Å². The molecule has 0 saturated carbocycles. The van der Waals surface area contributed by atoms with E-state index in [1.807, 2.05) is 17.0 Å². The molecule has 0 radical (unpaired) electrons. The van der Waals surface area contributed by atoms with E-state index in [1.165, 1.54) is 11.1 Å². The Hall–Kier alpha value is -1.06. The highest BCUT2D eigenvalue weighted by atomic mass is 16.3. The van der Waals surface area contributed by atoms with Crippen molar-refractivity contribution in [2.24, 2.45) is 0 Å². The summed E-state index contributed by atoms with van der Waals surface area (Å²) in [6.07, 6.45) is 0.630. The average Bonchev–Trinajstić information content (AvgIpc) is 2.16. The Labute approximate surface area is 84.1 Å². The molecule has 0 bridgehead atoms. The van der Waals surface area contributed by atoms with E-state index in [9.17, 15) is 5.11 Å². The second-order valence-electron chi connectivity index (χ2n) is 3.88. The Bertz CT molecular complexity index is 336. The summed E-state index contributed by atoms with van der Waals surface area (Å²) in [5, 5.41) is 9.47. The third-order valence-electron chi connectivity index (χ3n) is 2.80. The molecule has 1 heterocycles. The standard InChI is InChI=1S/C11H16N2O/c1-8(14)13-5-4-9-2-3-11(12)6-10(9)7-13/h2-3,6,8,14H,4-5,7,12H2,1H3. The summed E-state index contributed by atoms with van der Waals surface area (Å²) in [6.45, 7) is 3.53. The van der Waals surface area contributed by atoms with E-state index >= 15 is 0 Å². The third-order valence-corrected chi connectivity index (χ3v) is 2.80. The van der Waals surface area contributed by atoms with Gasteiger partial charge in [-0.1, -0.05) is 6.07 Å². The van der Waals surface area contributed by atoms with E-state index in [-0.39, 0.29) is 6.23 Å². The van der Waals surface area contributed by atoms with E-state index in [0.717, 1.165) is 25.2 Å². The van der Waals surface area contributed by atoms with E-state index in [2.05, 4.69) is 6.07 Å². The Balaban J connectivity index is 2.24. The van der Waals surface area contributed by atoms with Gasteiger partial charge in [-0.25, -0.2) is 0 Å². The highest BCUT2D eigenvalue weighted by Gasteiger charge is 2.18. The Morgan fingerprint density at radius 2 is 2.21 bits per heavy atom. The molecule has 3 nitrogen and oxygen atoms in total. The van der Waals surface area contributed by atoms with Crippen molar-refractivity contribution in [1.82, 2.24) is 4.90 Å². The van der Waals surface area contributed by atoms with Crippen LogP contribution in [0.15, 0.2) is 18.2 Å². The largest absolute Gasteiger partial charge is 0.399 e. The lowest BCUT2D eigenvalue weighted by molar-refractivity contribution is 0.00920. The summed E-state index contributed by atoms with van der Waals surface area (Å²) in [4.78, 5) is 2.04. The number of hydrogen-bond donors (Lipinski definition) is 2. The van der Waals surface area contributed by atoms with Gasteiger partial charge in [-0.3, -0.25) is 4.90 Å².